The molecule has 0 atom stereocenters. The van der Waals surface area contributed by atoms with Crippen molar-refractivity contribution in [2.24, 2.45) is 7.05 Å². The van der Waals surface area contributed by atoms with Gasteiger partial charge >= 0.3 is 0 Å². The van der Waals surface area contributed by atoms with E-state index < -0.39 is 0 Å². The fourth-order valence-corrected chi connectivity index (χ4v) is 6.03. The van der Waals surface area contributed by atoms with Crippen LogP contribution in [0.2, 0.25) is 5.02 Å². The number of pyridine rings is 2. The predicted molar refractivity (Wildman–Crippen MR) is 142 cm³/mol. The molecule has 7 heteroatoms. The fourth-order valence-electron chi connectivity index (χ4n) is 4.93. The molecule has 1 saturated heterocycles. The van der Waals surface area contributed by atoms with Gasteiger partial charge in [0.25, 0.3) is 0 Å². The second-order valence-corrected chi connectivity index (χ2v) is 11.1. The van der Waals surface area contributed by atoms with Crippen LogP contribution in [0.3, 0.4) is 0 Å². The van der Waals surface area contributed by atoms with Crippen molar-refractivity contribution in [1.82, 2.24) is 9.88 Å². The third-order valence-corrected chi connectivity index (χ3v) is 8.64. The van der Waals surface area contributed by atoms with Gasteiger partial charge in [-0.05, 0) is 91.9 Å². The molecule has 3 heterocycles. The lowest BCUT2D eigenvalue weighted by atomic mass is 9.88. The average Bonchev–Trinajstić information content (AvgIpc) is 3.00. The molecule has 2 aliphatic rings. The van der Waals surface area contributed by atoms with E-state index in [1.54, 1.807) is 0 Å². The van der Waals surface area contributed by atoms with Crippen molar-refractivity contribution in [1.29, 1.82) is 0 Å². The summed E-state index contributed by atoms with van der Waals surface area (Å²) in [5, 5.41) is 0.734. The molecule has 4 nitrogen and oxygen atoms in total. The highest BCUT2D eigenvalue weighted by Gasteiger charge is 2.28. The highest BCUT2D eigenvalue weighted by Crippen LogP contribution is 2.42. The Bertz CT molecular complexity index is 1290. The normalized spacial score (nSPS) is 15.6. The number of fused-ring (bicyclic) bond motifs is 2. The van der Waals surface area contributed by atoms with Gasteiger partial charge in [0.05, 0.1) is 17.1 Å². The molecule has 3 aromatic rings. The first-order chi connectivity index (χ1) is 16.4. The summed E-state index contributed by atoms with van der Waals surface area (Å²) in [6.07, 6.45) is 9.80. The van der Waals surface area contributed by atoms with E-state index in [2.05, 4.69) is 44.0 Å². The van der Waals surface area contributed by atoms with Gasteiger partial charge in [-0.15, -0.1) is 0 Å². The first-order valence-corrected chi connectivity index (χ1v) is 13.4. The van der Waals surface area contributed by atoms with E-state index in [1.165, 1.54) is 27.8 Å². The molecular formula is C27H25Br2ClN3O+. The summed E-state index contributed by atoms with van der Waals surface area (Å²) in [7, 11) is 1.98. The number of piperidine rings is 1. The largest absolute Gasteiger partial charge is 0.342 e. The van der Waals surface area contributed by atoms with Gasteiger partial charge in [-0.25, -0.2) is 4.57 Å². The number of hydrogen-bond acceptors (Lipinski definition) is 2. The van der Waals surface area contributed by atoms with Crippen LogP contribution < -0.4 is 4.57 Å². The third kappa shape index (κ3) is 4.73. The van der Waals surface area contributed by atoms with Crippen molar-refractivity contribution in [2.75, 3.05) is 13.1 Å². The summed E-state index contributed by atoms with van der Waals surface area (Å²) in [6.45, 7) is 1.46. The smallest absolute Gasteiger partial charge is 0.227 e. The average molecular weight is 603 g/mol. The van der Waals surface area contributed by atoms with E-state index >= 15 is 0 Å². The predicted octanol–water partition coefficient (Wildman–Crippen LogP) is 5.85. The second-order valence-electron chi connectivity index (χ2n) is 8.96. The Morgan fingerprint density at radius 1 is 1.09 bits per heavy atom. The fraction of sp³-hybridized carbons (Fsp3) is 0.296. The Hall–Kier alpha value is -2.02. The maximum absolute atomic E-state index is 13.0. The van der Waals surface area contributed by atoms with Crippen molar-refractivity contribution in [2.45, 2.75) is 32.1 Å². The third-order valence-electron chi connectivity index (χ3n) is 6.76. The van der Waals surface area contributed by atoms with Gasteiger partial charge in [-0.3, -0.25) is 9.78 Å². The van der Waals surface area contributed by atoms with E-state index in [-0.39, 0.29) is 5.91 Å². The number of aromatic nitrogens is 2. The lowest BCUT2D eigenvalue weighted by Crippen LogP contribution is -2.37. The van der Waals surface area contributed by atoms with Crippen LogP contribution in [0.25, 0.3) is 5.57 Å². The minimum atomic E-state index is 0.191. The monoisotopic (exact) mass is 600 g/mol. The van der Waals surface area contributed by atoms with E-state index in [0.717, 1.165) is 64.0 Å². The van der Waals surface area contributed by atoms with Gasteiger partial charge in [0.1, 0.15) is 7.05 Å². The Morgan fingerprint density at radius 3 is 2.56 bits per heavy atom. The van der Waals surface area contributed by atoms with Crippen molar-refractivity contribution < 1.29 is 9.36 Å². The van der Waals surface area contributed by atoms with Gasteiger partial charge in [-0.2, -0.15) is 0 Å². The molecule has 0 saturated carbocycles. The van der Waals surface area contributed by atoms with Crippen molar-refractivity contribution in [3.63, 3.8) is 0 Å². The quantitative estimate of drug-likeness (QED) is 0.345. The number of aryl methyl sites for hydroxylation is 2. The molecule has 174 valence electrons. The zero-order valence-electron chi connectivity index (χ0n) is 19.0. The standard InChI is InChI=1S/C27H25Br2ClN3O/c1-32-10-6-17(7-11-32)14-24(34)33-12-8-18(9-13-33)25-21-4-5-23(30)26(29)22(21)3-2-19-15-20(28)16-31-27(19)25/h4-7,10-11,15-16H,2-3,8-9,12-14H2,1H3/q+1. The van der Waals surface area contributed by atoms with Crippen LogP contribution in [0.15, 0.2) is 63.4 Å². The number of likely N-dealkylation sites (tertiary alicyclic amines) is 1. The van der Waals surface area contributed by atoms with Crippen LogP contribution in [0.1, 0.15) is 40.8 Å². The van der Waals surface area contributed by atoms with E-state index in [9.17, 15) is 4.79 Å². The highest BCUT2D eigenvalue weighted by molar-refractivity contribution is 9.10. The zero-order chi connectivity index (χ0) is 23.8. The maximum atomic E-state index is 13.0. The topological polar surface area (TPSA) is 37.1 Å². The molecule has 2 aromatic heterocycles. The molecule has 1 aliphatic heterocycles. The minimum Gasteiger partial charge on any atom is -0.342 e. The number of amides is 1. The van der Waals surface area contributed by atoms with Crippen LogP contribution in [0, 0.1) is 0 Å². The summed E-state index contributed by atoms with van der Waals surface area (Å²) in [6, 6.07) is 10.3. The molecule has 5 rings (SSSR count). The molecule has 1 aromatic carbocycles. The SMILES string of the molecule is C[n+]1ccc(CC(=O)N2CCC(=C3c4ccc(Cl)c(Br)c4CCc4cc(Br)cnc43)CC2)cc1. The summed E-state index contributed by atoms with van der Waals surface area (Å²) in [5.74, 6) is 0.191. The number of carbonyl (C=O) groups is 1. The van der Waals surface area contributed by atoms with E-state index in [4.69, 9.17) is 16.6 Å². The molecule has 0 N–H and O–H groups in total. The van der Waals surface area contributed by atoms with Crippen molar-refractivity contribution >= 4 is 54.9 Å². The number of benzene rings is 1. The maximum Gasteiger partial charge on any atom is 0.227 e. The van der Waals surface area contributed by atoms with Crippen molar-refractivity contribution in [3.8, 4) is 0 Å². The lowest BCUT2D eigenvalue weighted by Gasteiger charge is -2.30. The molecule has 1 fully saturated rings. The second kappa shape index (κ2) is 9.92. The number of hydrogen-bond donors (Lipinski definition) is 0. The molecular weight excluding hydrogens is 578 g/mol. The van der Waals surface area contributed by atoms with Crippen LogP contribution in [0.4, 0.5) is 0 Å². The summed E-state index contributed by atoms with van der Waals surface area (Å²) in [5.41, 5.74) is 8.38. The number of rotatable bonds is 2. The zero-order valence-corrected chi connectivity index (χ0v) is 22.9. The Labute approximate surface area is 221 Å². The molecule has 0 unspecified atom stereocenters. The van der Waals surface area contributed by atoms with Gasteiger partial charge in [0.2, 0.25) is 5.91 Å². The first kappa shape index (κ1) is 23.7. The highest BCUT2D eigenvalue weighted by atomic mass is 79.9. The summed E-state index contributed by atoms with van der Waals surface area (Å²) >= 11 is 13.8. The van der Waals surface area contributed by atoms with E-state index in [1.807, 2.05) is 53.3 Å². The summed E-state index contributed by atoms with van der Waals surface area (Å²) in [4.78, 5) is 19.8. The van der Waals surface area contributed by atoms with Gasteiger partial charge in [-0.1, -0.05) is 23.2 Å². The molecule has 0 spiro atoms. The molecule has 1 aliphatic carbocycles. The molecule has 0 radical (unpaired) electrons. The minimum absolute atomic E-state index is 0.191. The number of nitrogens with zero attached hydrogens (tertiary/aromatic N) is 3. The van der Waals surface area contributed by atoms with Crippen LogP contribution >= 0.6 is 43.5 Å². The Kier molecular flexibility index (Phi) is 6.92. The number of halogens is 3. The molecule has 0 bridgehead atoms. The molecule has 34 heavy (non-hydrogen) atoms. The Morgan fingerprint density at radius 2 is 1.82 bits per heavy atom. The first-order valence-electron chi connectivity index (χ1n) is 11.5. The van der Waals surface area contributed by atoms with Crippen LogP contribution in [-0.2, 0) is 31.1 Å². The number of carbonyl (C=O) groups excluding carboxylic acids is 1. The van der Waals surface area contributed by atoms with Crippen LogP contribution in [0.5, 0.6) is 0 Å². The Balaban J connectivity index is 1.46. The lowest BCUT2D eigenvalue weighted by molar-refractivity contribution is -0.671. The van der Waals surface area contributed by atoms with Gasteiger partial charge in [0, 0.05) is 45.9 Å². The van der Waals surface area contributed by atoms with Gasteiger partial charge < -0.3 is 4.90 Å². The van der Waals surface area contributed by atoms with E-state index in [0.29, 0.717) is 6.42 Å². The van der Waals surface area contributed by atoms with Gasteiger partial charge in [0.15, 0.2) is 12.4 Å². The van der Waals surface area contributed by atoms with Crippen molar-refractivity contribution in [3.05, 3.63) is 96.4 Å². The van der Waals surface area contributed by atoms with Crippen LogP contribution in [-0.4, -0.2) is 28.9 Å². The molecule has 1 amide bonds. The summed E-state index contributed by atoms with van der Waals surface area (Å²) < 4.78 is 3.95.